The number of carbonyl (C=O) groups excluding carboxylic acids is 2. The number of thioether (sulfide) groups is 1. The molecule has 1 fully saturated rings. The highest BCUT2D eigenvalue weighted by Crippen LogP contribution is 2.45. The van der Waals surface area contributed by atoms with Crippen molar-refractivity contribution in [3.8, 4) is 0 Å². The lowest BCUT2D eigenvalue weighted by molar-refractivity contribution is -0.136. The number of aliphatic carboxylic acids is 1. The number of para-hydroxylation sites is 1. The Balaban J connectivity index is 1.84. The highest BCUT2D eigenvalue weighted by atomic mass is 32.2. The molecule has 0 saturated carbocycles. The van der Waals surface area contributed by atoms with E-state index in [1.54, 1.807) is 37.3 Å². The summed E-state index contributed by atoms with van der Waals surface area (Å²) in [6.45, 7) is 1.18. The molecular formula is C21H14N2O6S2. The van der Waals surface area contributed by atoms with Gasteiger partial charge >= 0.3 is 11.9 Å². The van der Waals surface area contributed by atoms with Gasteiger partial charge in [-0.1, -0.05) is 48.2 Å². The van der Waals surface area contributed by atoms with Crippen LogP contribution in [0.3, 0.4) is 0 Å². The van der Waals surface area contributed by atoms with Gasteiger partial charge in [0.1, 0.15) is 6.54 Å². The van der Waals surface area contributed by atoms with E-state index in [-0.39, 0.29) is 20.4 Å². The van der Waals surface area contributed by atoms with E-state index in [2.05, 4.69) is 0 Å². The molecule has 2 aliphatic rings. The molecule has 0 radical (unpaired) electrons. The average Bonchev–Trinajstić information content (AvgIpc) is 3.15. The molecule has 0 unspecified atom stereocenters. The predicted octanol–water partition coefficient (Wildman–Crippen LogP) is 2.90. The second-order valence-corrected chi connectivity index (χ2v) is 8.47. The number of fused-ring (bicyclic) bond motifs is 1. The Bertz CT molecular complexity index is 1240. The summed E-state index contributed by atoms with van der Waals surface area (Å²) in [7, 11) is 0. The summed E-state index contributed by atoms with van der Waals surface area (Å²) < 4.78 is 0.153. The summed E-state index contributed by atoms with van der Waals surface area (Å²) in [5.74, 6) is -3.48. The van der Waals surface area contributed by atoms with E-state index in [9.17, 15) is 29.4 Å². The van der Waals surface area contributed by atoms with Crippen LogP contribution in [-0.4, -0.2) is 44.8 Å². The predicted molar refractivity (Wildman–Crippen MR) is 119 cm³/mol. The van der Waals surface area contributed by atoms with Gasteiger partial charge in [0, 0.05) is 5.56 Å². The van der Waals surface area contributed by atoms with Crippen LogP contribution < -0.4 is 9.80 Å². The minimum atomic E-state index is -1.18. The standard InChI is InChI=1S/C21H14N2O6S2/c1-10-6-7-11(20(28)29)8-14(10)23-19(27)17(31-21(23)30)16-12-4-2-3-5-13(12)22(18(16)26)9-15(24)25/h2-8H,9H2,1H3,(H,24,25)(H,28,29). The van der Waals surface area contributed by atoms with E-state index >= 15 is 0 Å². The van der Waals surface area contributed by atoms with Crippen LogP contribution >= 0.6 is 24.0 Å². The van der Waals surface area contributed by atoms with Crippen LogP contribution in [0.15, 0.2) is 47.4 Å². The van der Waals surface area contributed by atoms with Crippen molar-refractivity contribution in [2.24, 2.45) is 0 Å². The van der Waals surface area contributed by atoms with E-state index in [1.165, 1.54) is 17.0 Å². The summed E-state index contributed by atoms with van der Waals surface area (Å²) in [5.41, 5.74) is 1.89. The van der Waals surface area contributed by atoms with Crippen LogP contribution in [0.2, 0.25) is 0 Å². The molecule has 0 spiro atoms. The number of hydrogen-bond acceptors (Lipinski definition) is 6. The summed E-state index contributed by atoms with van der Waals surface area (Å²) in [5, 5.41) is 18.5. The van der Waals surface area contributed by atoms with Crippen molar-refractivity contribution in [1.29, 1.82) is 0 Å². The molecule has 10 heteroatoms. The number of aromatic carboxylic acids is 1. The SMILES string of the molecule is Cc1ccc(C(=O)O)cc1N1C(=O)C(=C2C(=O)N(CC(=O)O)c3ccccc32)SC1=S. The van der Waals surface area contributed by atoms with Crippen LogP contribution in [0.5, 0.6) is 0 Å². The molecule has 0 bridgehead atoms. The molecule has 0 aliphatic carbocycles. The summed E-state index contributed by atoms with van der Waals surface area (Å²) in [6, 6.07) is 11.0. The molecular weight excluding hydrogens is 440 g/mol. The van der Waals surface area contributed by atoms with Gasteiger partial charge < -0.3 is 10.2 Å². The van der Waals surface area contributed by atoms with E-state index in [4.69, 9.17) is 12.2 Å². The summed E-state index contributed by atoms with van der Waals surface area (Å²) in [6.07, 6.45) is 0. The minimum Gasteiger partial charge on any atom is -0.480 e. The Kier molecular flexibility index (Phi) is 5.11. The largest absolute Gasteiger partial charge is 0.480 e. The van der Waals surface area contributed by atoms with Crippen molar-refractivity contribution in [1.82, 2.24) is 0 Å². The average molecular weight is 454 g/mol. The molecule has 2 aromatic rings. The van der Waals surface area contributed by atoms with Crippen LogP contribution in [-0.2, 0) is 14.4 Å². The van der Waals surface area contributed by atoms with Crippen molar-refractivity contribution in [3.05, 3.63) is 64.1 Å². The molecule has 1 saturated heterocycles. The van der Waals surface area contributed by atoms with Crippen molar-refractivity contribution >= 4 is 69.0 Å². The maximum absolute atomic E-state index is 13.3. The third-order valence-corrected chi connectivity index (χ3v) is 6.28. The molecule has 156 valence electrons. The number of carboxylic acid groups (broad SMARTS) is 2. The third-order valence-electron chi connectivity index (χ3n) is 4.91. The number of aryl methyl sites for hydroxylation is 1. The normalized spacial score (nSPS) is 18.0. The molecule has 8 nitrogen and oxygen atoms in total. The third kappa shape index (κ3) is 3.39. The van der Waals surface area contributed by atoms with Crippen molar-refractivity contribution in [3.63, 3.8) is 0 Å². The lowest BCUT2D eigenvalue weighted by Crippen LogP contribution is -2.33. The second kappa shape index (κ2) is 7.64. The Labute approximate surface area is 185 Å². The molecule has 2 aliphatic heterocycles. The van der Waals surface area contributed by atoms with Gasteiger partial charge in [0.25, 0.3) is 11.8 Å². The smallest absolute Gasteiger partial charge is 0.335 e. The summed E-state index contributed by atoms with van der Waals surface area (Å²) >= 11 is 6.31. The van der Waals surface area contributed by atoms with Gasteiger partial charge in [-0.2, -0.15) is 0 Å². The topological polar surface area (TPSA) is 115 Å². The van der Waals surface area contributed by atoms with Gasteiger partial charge in [0.05, 0.1) is 27.4 Å². The van der Waals surface area contributed by atoms with Crippen LogP contribution in [0.1, 0.15) is 21.5 Å². The first kappa shape index (κ1) is 20.8. The molecule has 0 aromatic heterocycles. The van der Waals surface area contributed by atoms with Gasteiger partial charge in [-0.25, -0.2) is 4.79 Å². The molecule has 2 heterocycles. The van der Waals surface area contributed by atoms with Gasteiger partial charge in [0.2, 0.25) is 0 Å². The zero-order valence-corrected chi connectivity index (χ0v) is 17.6. The molecule has 0 atom stereocenters. The lowest BCUT2D eigenvalue weighted by Gasteiger charge is -2.18. The first-order chi connectivity index (χ1) is 14.7. The zero-order chi connectivity index (χ0) is 22.4. The first-order valence-corrected chi connectivity index (χ1v) is 10.2. The fraction of sp³-hybridized carbons (Fsp3) is 0.0952. The monoisotopic (exact) mass is 454 g/mol. The van der Waals surface area contributed by atoms with Gasteiger partial charge in [0.15, 0.2) is 4.32 Å². The number of nitrogens with zero attached hydrogens (tertiary/aromatic N) is 2. The number of anilines is 2. The van der Waals surface area contributed by atoms with Gasteiger partial charge in [-0.3, -0.25) is 24.2 Å². The van der Waals surface area contributed by atoms with E-state index in [0.29, 0.717) is 22.5 Å². The van der Waals surface area contributed by atoms with Crippen LogP contribution in [0, 0.1) is 6.92 Å². The second-order valence-electron chi connectivity index (χ2n) is 6.82. The van der Waals surface area contributed by atoms with Crippen molar-refractivity contribution < 1.29 is 29.4 Å². The Hall–Kier alpha value is -3.50. The fourth-order valence-corrected chi connectivity index (χ4v) is 4.86. The number of amides is 2. The number of hydrogen-bond donors (Lipinski definition) is 2. The minimum absolute atomic E-state index is 0.00257. The molecule has 4 rings (SSSR count). The zero-order valence-electron chi connectivity index (χ0n) is 16.0. The maximum Gasteiger partial charge on any atom is 0.335 e. The number of benzene rings is 2. The molecule has 2 aromatic carbocycles. The molecule has 2 N–H and O–H groups in total. The lowest BCUT2D eigenvalue weighted by atomic mass is 10.1. The Morgan fingerprint density at radius 2 is 1.74 bits per heavy atom. The Morgan fingerprint density at radius 1 is 1.03 bits per heavy atom. The molecule has 2 amide bonds. The number of carbonyl (C=O) groups is 4. The maximum atomic E-state index is 13.3. The number of rotatable bonds is 4. The van der Waals surface area contributed by atoms with Crippen molar-refractivity contribution in [2.75, 3.05) is 16.3 Å². The highest BCUT2D eigenvalue weighted by molar-refractivity contribution is 8.27. The number of carboxylic acids is 2. The summed E-state index contributed by atoms with van der Waals surface area (Å²) in [4.78, 5) is 51.5. The van der Waals surface area contributed by atoms with E-state index in [0.717, 1.165) is 16.7 Å². The highest BCUT2D eigenvalue weighted by Gasteiger charge is 2.43. The van der Waals surface area contributed by atoms with Crippen LogP contribution in [0.25, 0.3) is 5.57 Å². The molecule has 31 heavy (non-hydrogen) atoms. The fourth-order valence-electron chi connectivity index (χ4n) is 3.50. The van der Waals surface area contributed by atoms with Gasteiger partial charge in [-0.15, -0.1) is 0 Å². The quantitative estimate of drug-likeness (QED) is 0.535. The first-order valence-electron chi connectivity index (χ1n) is 8.98. The Morgan fingerprint density at radius 3 is 2.42 bits per heavy atom. The van der Waals surface area contributed by atoms with E-state index < -0.39 is 30.3 Å². The van der Waals surface area contributed by atoms with E-state index in [1.807, 2.05) is 0 Å². The van der Waals surface area contributed by atoms with Crippen LogP contribution in [0.4, 0.5) is 11.4 Å². The number of thiocarbonyl (C=S) groups is 1. The van der Waals surface area contributed by atoms with Crippen molar-refractivity contribution in [2.45, 2.75) is 6.92 Å². The van der Waals surface area contributed by atoms with Gasteiger partial charge in [-0.05, 0) is 30.7 Å².